The van der Waals surface area contributed by atoms with Crippen LogP contribution in [-0.2, 0) is 16.1 Å². The molecule has 1 aromatic rings. The predicted molar refractivity (Wildman–Crippen MR) is 122 cm³/mol. The molecule has 2 rings (SSSR count). The van der Waals surface area contributed by atoms with Gasteiger partial charge in [-0.3, -0.25) is 0 Å². The monoisotopic (exact) mass is 390 g/mol. The van der Waals surface area contributed by atoms with Crippen molar-refractivity contribution < 1.29 is 9.53 Å². The smallest absolute Gasteiger partial charge is 0.331 e. The molecule has 0 saturated heterocycles. The summed E-state index contributed by atoms with van der Waals surface area (Å²) in [5, 5.41) is 0. The Morgan fingerprint density at radius 1 is 1.10 bits per heavy atom. The van der Waals surface area contributed by atoms with E-state index in [1.165, 1.54) is 42.1 Å². The van der Waals surface area contributed by atoms with Crippen LogP contribution in [0.15, 0.2) is 89.1 Å². The standard InChI is InChI=1S/C27H34O2/c1-21(16-17-25-23(3)13-10-18-27(25,4)5)11-9-12-22(2)19-26(28)29-20-24-14-7-6-8-15-24/h6-9,11-12,14-17,19H,10,13,18,20H2,1-5H3. The minimum absolute atomic E-state index is 0.258. The third kappa shape index (κ3) is 7.73. The Hall–Kier alpha value is -2.61. The predicted octanol–water partition coefficient (Wildman–Crippen LogP) is 7.26. The summed E-state index contributed by atoms with van der Waals surface area (Å²) >= 11 is 0. The van der Waals surface area contributed by atoms with Gasteiger partial charge in [0.1, 0.15) is 6.61 Å². The van der Waals surface area contributed by atoms with Crippen molar-refractivity contribution >= 4 is 5.97 Å². The van der Waals surface area contributed by atoms with Gasteiger partial charge in [0.15, 0.2) is 0 Å². The second kappa shape index (κ2) is 10.8. The maximum atomic E-state index is 11.9. The molecule has 0 saturated carbocycles. The van der Waals surface area contributed by atoms with Crippen molar-refractivity contribution in [2.24, 2.45) is 5.41 Å². The van der Waals surface area contributed by atoms with Gasteiger partial charge >= 0.3 is 5.97 Å². The molecule has 2 nitrogen and oxygen atoms in total. The number of esters is 1. The Morgan fingerprint density at radius 3 is 2.52 bits per heavy atom. The SMILES string of the molecule is CC(C=CC1=C(C)CCCC1(C)C)=CC=CC(C)=CC(=O)OCc1ccccc1. The minimum Gasteiger partial charge on any atom is -0.458 e. The van der Waals surface area contributed by atoms with E-state index in [9.17, 15) is 4.79 Å². The van der Waals surface area contributed by atoms with Crippen molar-refractivity contribution in [1.82, 2.24) is 0 Å². The molecule has 154 valence electrons. The van der Waals surface area contributed by atoms with E-state index in [-0.39, 0.29) is 11.4 Å². The first-order valence-electron chi connectivity index (χ1n) is 10.4. The average molecular weight is 391 g/mol. The van der Waals surface area contributed by atoms with Crippen LogP contribution >= 0.6 is 0 Å². The maximum Gasteiger partial charge on any atom is 0.331 e. The van der Waals surface area contributed by atoms with Gasteiger partial charge in [-0.25, -0.2) is 4.79 Å². The summed E-state index contributed by atoms with van der Waals surface area (Å²) in [7, 11) is 0. The van der Waals surface area contributed by atoms with Gasteiger partial charge in [-0.2, -0.15) is 0 Å². The van der Waals surface area contributed by atoms with Crippen LogP contribution in [0.25, 0.3) is 0 Å². The quantitative estimate of drug-likeness (QED) is 0.278. The number of carbonyl (C=O) groups is 1. The first kappa shape index (κ1) is 22.7. The molecule has 0 aliphatic heterocycles. The zero-order valence-corrected chi connectivity index (χ0v) is 18.5. The molecule has 0 heterocycles. The van der Waals surface area contributed by atoms with Crippen molar-refractivity contribution in [3.63, 3.8) is 0 Å². The van der Waals surface area contributed by atoms with Gasteiger partial charge in [0.25, 0.3) is 0 Å². The highest BCUT2D eigenvalue weighted by Gasteiger charge is 2.26. The van der Waals surface area contributed by atoms with Crippen LogP contribution in [0.1, 0.15) is 59.4 Å². The highest BCUT2D eigenvalue weighted by molar-refractivity contribution is 5.83. The normalized spacial score (nSPS) is 18.0. The molecule has 2 heteroatoms. The van der Waals surface area contributed by atoms with E-state index in [1.54, 1.807) is 0 Å². The van der Waals surface area contributed by atoms with Crippen LogP contribution in [-0.4, -0.2) is 5.97 Å². The Morgan fingerprint density at radius 2 is 1.83 bits per heavy atom. The Balaban J connectivity index is 1.90. The minimum atomic E-state index is -0.321. The molecule has 0 bridgehead atoms. The molecule has 29 heavy (non-hydrogen) atoms. The van der Waals surface area contributed by atoms with Gasteiger partial charge in [0.05, 0.1) is 0 Å². The van der Waals surface area contributed by atoms with E-state index < -0.39 is 0 Å². The van der Waals surface area contributed by atoms with Gasteiger partial charge in [-0.05, 0) is 62.2 Å². The molecule has 0 spiro atoms. The third-order valence-electron chi connectivity index (χ3n) is 5.34. The molecule has 1 aliphatic rings. The lowest BCUT2D eigenvalue weighted by Gasteiger charge is -2.32. The summed E-state index contributed by atoms with van der Waals surface area (Å²) in [4.78, 5) is 11.9. The molecule has 1 aliphatic carbocycles. The van der Waals surface area contributed by atoms with Crippen LogP contribution in [0.4, 0.5) is 0 Å². The van der Waals surface area contributed by atoms with Gasteiger partial charge in [-0.15, -0.1) is 0 Å². The van der Waals surface area contributed by atoms with Crippen LogP contribution in [0.5, 0.6) is 0 Å². The van der Waals surface area contributed by atoms with E-state index in [2.05, 4.69) is 45.9 Å². The van der Waals surface area contributed by atoms with Crippen LogP contribution < -0.4 is 0 Å². The fourth-order valence-electron chi connectivity index (χ4n) is 3.64. The summed E-state index contributed by atoms with van der Waals surface area (Å²) in [6.45, 7) is 11.2. The van der Waals surface area contributed by atoms with Crippen LogP contribution in [0.2, 0.25) is 0 Å². The summed E-state index contributed by atoms with van der Waals surface area (Å²) in [5.41, 5.74) is 6.27. The van der Waals surface area contributed by atoms with Crippen molar-refractivity contribution in [2.45, 2.75) is 60.5 Å². The summed E-state index contributed by atoms with van der Waals surface area (Å²) in [6, 6.07) is 9.69. The molecule has 0 N–H and O–H groups in total. The summed E-state index contributed by atoms with van der Waals surface area (Å²) in [6.07, 6.45) is 15.7. The van der Waals surface area contributed by atoms with Crippen molar-refractivity contribution in [3.05, 3.63) is 94.6 Å². The number of hydrogen-bond donors (Lipinski definition) is 0. The van der Waals surface area contributed by atoms with E-state index >= 15 is 0 Å². The molecule has 0 aromatic heterocycles. The van der Waals surface area contributed by atoms with Crippen LogP contribution in [0, 0.1) is 5.41 Å². The second-order valence-corrected chi connectivity index (χ2v) is 8.52. The van der Waals surface area contributed by atoms with Crippen molar-refractivity contribution in [2.75, 3.05) is 0 Å². The highest BCUT2D eigenvalue weighted by Crippen LogP contribution is 2.40. The number of benzene rings is 1. The Bertz CT molecular complexity index is 846. The van der Waals surface area contributed by atoms with E-state index in [1.807, 2.05) is 49.4 Å². The van der Waals surface area contributed by atoms with Gasteiger partial charge in [0, 0.05) is 6.08 Å². The average Bonchev–Trinajstić information content (AvgIpc) is 2.66. The third-order valence-corrected chi connectivity index (χ3v) is 5.34. The van der Waals surface area contributed by atoms with Gasteiger partial charge in [-0.1, -0.05) is 85.7 Å². The number of allylic oxidation sites excluding steroid dienone is 9. The van der Waals surface area contributed by atoms with Crippen molar-refractivity contribution in [3.8, 4) is 0 Å². The second-order valence-electron chi connectivity index (χ2n) is 8.52. The summed E-state index contributed by atoms with van der Waals surface area (Å²) in [5.74, 6) is -0.321. The number of hydrogen-bond acceptors (Lipinski definition) is 2. The van der Waals surface area contributed by atoms with Crippen LogP contribution in [0.3, 0.4) is 0 Å². The molecular weight excluding hydrogens is 356 g/mol. The fourth-order valence-corrected chi connectivity index (χ4v) is 3.64. The molecule has 0 amide bonds. The number of ether oxygens (including phenoxy) is 1. The Labute approximate surface area is 176 Å². The maximum absolute atomic E-state index is 11.9. The van der Waals surface area contributed by atoms with Gasteiger partial charge < -0.3 is 4.74 Å². The first-order valence-corrected chi connectivity index (χ1v) is 10.4. The highest BCUT2D eigenvalue weighted by atomic mass is 16.5. The van der Waals surface area contributed by atoms with E-state index in [4.69, 9.17) is 4.74 Å². The Kier molecular flexibility index (Phi) is 8.45. The number of rotatable bonds is 7. The molecule has 0 unspecified atom stereocenters. The lowest BCUT2D eigenvalue weighted by molar-refractivity contribution is -0.139. The molecule has 0 fully saturated rings. The zero-order valence-electron chi connectivity index (χ0n) is 18.5. The lowest BCUT2D eigenvalue weighted by atomic mass is 9.72. The van der Waals surface area contributed by atoms with Crippen molar-refractivity contribution in [1.29, 1.82) is 0 Å². The van der Waals surface area contributed by atoms with Gasteiger partial charge in [0.2, 0.25) is 0 Å². The molecule has 0 atom stereocenters. The van der Waals surface area contributed by atoms with E-state index in [0.717, 1.165) is 11.1 Å². The molecule has 1 aromatic carbocycles. The number of carbonyl (C=O) groups excluding carboxylic acids is 1. The lowest BCUT2D eigenvalue weighted by Crippen LogP contribution is -2.19. The van der Waals surface area contributed by atoms with E-state index in [0.29, 0.717) is 6.61 Å². The topological polar surface area (TPSA) is 26.3 Å². The summed E-state index contributed by atoms with van der Waals surface area (Å²) < 4.78 is 5.28. The fraction of sp³-hybridized carbons (Fsp3) is 0.370. The first-order chi connectivity index (χ1) is 13.8. The molecule has 0 radical (unpaired) electrons. The zero-order chi connectivity index (χ0) is 21.3. The molecular formula is C27H34O2. The largest absolute Gasteiger partial charge is 0.458 e.